The van der Waals surface area contributed by atoms with Crippen LogP contribution in [0.1, 0.15) is 11.5 Å². The van der Waals surface area contributed by atoms with E-state index in [0.29, 0.717) is 13.1 Å². The van der Waals surface area contributed by atoms with Crippen molar-refractivity contribution in [2.45, 2.75) is 19.1 Å². The van der Waals surface area contributed by atoms with E-state index in [1.807, 2.05) is 4.90 Å². The fourth-order valence-electron chi connectivity index (χ4n) is 2.41. The van der Waals surface area contributed by atoms with Gasteiger partial charge in [0.25, 0.3) is 0 Å². The highest BCUT2D eigenvalue weighted by Gasteiger charge is 2.36. The van der Waals surface area contributed by atoms with Crippen molar-refractivity contribution in [2.75, 3.05) is 29.9 Å². The number of halogens is 3. The molecular weight excluding hydrogens is 309 g/mol. The maximum absolute atomic E-state index is 12.9. The summed E-state index contributed by atoms with van der Waals surface area (Å²) in [5.41, 5.74) is -0.919. The van der Waals surface area contributed by atoms with E-state index in [4.69, 9.17) is 0 Å². The maximum Gasteiger partial charge on any atom is 0.433 e. The summed E-state index contributed by atoms with van der Waals surface area (Å²) in [4.78, 5) is 19.5. The van der Waals surface area contributed by atoms with Gasteiger partial charge in [0.1, 0.15) is 23.2 Å². The van der Waals surface area contributed by atoms with Gasteiger partial charge in [-0.25, -0.2) is 15.0 Å². The first kappa shape index (κ1) is 15.4. The molecule has 2 aromatic heterocycles. The number of hydrogen-bond donors (Lipinski definition) is 0. The third-order valence-corrected chi connectivity index (χ3v) is 3.76. The number of hydrogen-bond acceptors (Lipinski definition) is 6. The standard InChI is InChI=1S/C14H15F3N6/c1-9-20-11(14(15,16)17)5-12(21-9)22(2)10-7-23(8-10)13-6-18-3-4-19-13/h3-6,10H,7-8H2,1-2H3. The highest BCUT2D eigenvalue weighted by atomic mass is 19.4. The molecule has 6 nitrogen and oxygen atoms in total. The average molecular weight is 324 g/mol. The van der Waals surface area contributed by atoms with Gasteiger partial charge < -0.3 is 9.80 Å². The van der Waals surface area contributed by atoms with Crippen molar-refractivity contribution in [1.82, 2.24) is 19.9 Å². The Kier molecular flexibility index (Phi) is 3.78. The molecule has 0 aromatic carbocycles. The van der Waals surface area contributed by atoms with Crippen LogP contribution in [0, 0.1) is 6.92 Å². The molecule has 2 aromatic rings. The van der Waals surface area contributed by atoms with Gasteiger partial charge in [-0.15, -0.1) is 0 Å². The number of nitrogens with zero attached hydrogens (tertiary/aromatic N) is 6. The first-order valence-corrected chi connectivity index (χ1v) is 7.01. The number of likely N-dealkylation sites (N-methyl/N-ethyl adjacent to an activating group) is 1. The Labute approximate surface area is 131 Å². The Balaban J connectivity index is 1.73. The van der Waals surface area contributed by atoms with Gasteiger partial charge in [0.2, 0.25) is 0 Å². The van der Waals surface area contributed by atoms with E-state index in [1.54, 1.807) is 30.5 Å². The Morgan fingerprint density at radius 3 is 2.57 bits per heavy atom. The van der Waals surface area contributed by atoms with Gasteiger partial charge in [-0.05, 0) is 6.92 Å². The van der Waals surface area contributed by atoms with E-state index in [1.165, 1.54) is 6.92 Å². The number of aryl methyl sites for hydroxylation is 1. The summed E-state index contributed by atoms with van der Waals surface area (Å²) < 4.78 is 38.6. The monoisotopic (exact) mass is 324 g/mol. The lowest BCUT2D eigenvalue weighted by Gasteiger charge is -2.44. The van der Waals surface area contributed by atoms with Crippen LogP contribution < -0.4 is 9.80 Å². The predicted octanol–water partition coefficient (Wildman–Crippen LogP) is 1.92. The fraction of sp³-hybridized carbons (Fsp3) is 0.429. The van der Waals surface area contributed by atoms with E-state index in [-0.39, 0.29) is 17.7 Å². The fourth-order valence-corrected chi connectivity index (χ4v) is 2.41. The smallest absolute Gasteiger partial charge is 0.353 e. The van der Waals surface area contributed by atoms with E-state index in [2.05, 4.69) is 19.9 Å². The molecule has 1 saturated heterocycles. The molecule has 23 heavy (non-hydrogen) atoms. The van der Waals surface area contributed by atoms with E-state index in [0.717, 1.165) is 11.9 Å². The van der Waals surface area contributed by atoms with Crippen LogP contribution >= 0.6 is 0 Å². The van der Waals surface area contributed by atoms with Crippen LogP contribution in [0.5, 0.6) is 0 Å². The first-order chi connectivity index (χ1) is 10.8. The second-order valence-electron chi connectivity index (χ2n) is 5.39. The summed E-state index contributed by atoms with van der Waals surface area (Å²) in [5.74, 6) is 1.13. The topological polar surface area (TPSA) is 58.0 Å². The molecule has 0 bridgehead atoms. The molecule has 1 aliphatic rings. The molecule has 0 aliphatic carbocycles. The van der Waals surface area contributed by atoms with Gasteiger partial charge >= 0.3 is 6.18 Å². The van der Waals surface area contributed by atoms with Crippen molar-refractivity contribution >= 4 is 11.6 Å². The van der Waals surface area contributed by atoms with Crippen LogP contribution in [0.3, 0.4) is 0 Å². The summed E-state index contributed by atoms with van der Waals surface area (Å²) in [6.45, 7) is 2.76. The van der Waals surface area contributed by atoms with E-state index >= 15 is 0 Å². The molecule has 0 radical (unpaired) electrons. The Morgan fingerprint density at radius 1 is 1.22 bits per heavy atom. The lowest BCUT2D eigenvalue weighted by Crippen LogP contribution is -2.59. The highest BCUT2D eigenvalue weighted by molar-refractivity contribution is 5.47. The first-order valence-electron chi connectivity index (χ1n) is 7.01. The number of anilines is 2. The molecule has 3 rings (SSSR count). The predicted molar refractivity (Wildman–Crippen MR) is 78.2 cm³/mol. The molecule has 0 atom stereocenters. The van der Waals surface area contributed by atoms with Gasteiger partial charge in [-0.1, -0.05) is 0 Å². The second-order valence-corrected chi connectivity index (χ2v) is 5.39. The van der Waals surface area contributed by atoms with Crippen molar-refractivity contribution in [2.24, 2.45) is 0 Å². The van der Waals surface area contributed by atoms with Crippen LogP contribution in [-0.4, -0.2) is 46.1 Å². The minimum atomic E-state index is -4.48. The van der Waals surface area contributed by atoms with Crippen molar-refractivity contribution in [3.8, 4) is 0 Å². The minimum Gasteiger partial charge on any atom is -0.353 e. The Bertz CT molecular complexity index is 685. The lowest BCUT2D eigenvalue weighted by atomic mass is 10.1. The maximum atomic E-state index is 12.9. The molecule has 3 heterocycles. The van der Waals surface area contributed by atoms with Crippen molar-refractivity contribution in [3.63, 3.8) is 0 Å². The molecule has 9 heteroatoms. The average Bonchev–Trinajstić information content (AvgIpc) is 2.45. The second kappa shape index (κ2) is 5.64. The SMILES string of the molecule is Cc1nc(N(C)C2CN(c3cnccn3)C2)cc(C(F)(F)F)n1. The third kappa shape index (κ3) is 3.17. The zero-order chi connectivity index (χ0) is 16.6. The molecule has 0 unspecified atom stereocenters. The summed E-state index contributed by atoms with van der Waals surface area (Å²) in [7, 11) is 1.74. The molecule has 0 amide bonds. The number of alkyl halides is 3. The molecule has 122 valence electrons. The normalized spacial score (nSPS) is 15.4. The van der Waals surface area contributed by atoms with Crippen LogP contribution in [0.4, 0.5) is 24.8 Å². The zero-order valence-corrected chi connectivity index (χ0v) is 12.6. The number of rotatable bonds is 3. The Morgan fingerprint density at radius 2 is 1.96 bits per heavy atom. The number of aromatic nitrogens is 4. The summed E-state index contributed by atoms with van der Waals surface area (Å²) >= 11 is 0. The van der Waals surface area contributed by atoms with Crippen LogP contribution in [0.25, 0.3) is 0 Å². The van der Waals surface area contributed by atoms with E-state index in [9.17, 15) is 13.2 Å². The molecule has 1 fully saturated rings. The Hall–Kier alpha value is -2.45. The van der Waals surface area contributed by atoms with Crippen molar-refractivity contribution in [1.29, 1.82) is 0 Å². The van der Waals surface area contributed by atoms with Crippen LogP contribution in [0.2, 0.25) is 0 Å². The molecule has 1 aliphatic heterocycles. The van der Waals surface area contributed by atoms with E-state index < -0.39 is 11.9 Å². The summed E-state index contributed by atoms with van der Waals surface area (Å²) in [6.07, 6.45) is 0.381. The minimum absolute atomic E-state index is 0.0624. The zero-order valence-electron chi connectivity index (χ0n) is 12.6. The van der Waals surface area contributed by atoms with Crippen molar-refractivity contribution < 1.29 is 13.2 Å². The van der Waals surface area contributed by atoms with Gasteiger partial charge in [0, 0.05) is 38.6 Å². The molecule has 0 saturated carbocycles. The largest absolute Gasteiger partial charge is 0.433 e. The van der Waals surface area contributed by atoms with Gasteiger partial charge in [-0.3, -0.25) is 4.98 Å². The molecular formula is C14H15F3N6. The van der Waals surface area contributed by atoms with Crippen molar-refractivity contribution in [3.05, 3.63) is 36.2 Å². The third-order valence-electron chi connectivity index (χ3n) is 3.76. The van der Waals surface area contributed by atoms with Gasteiger partial charge in [0.15, 0.2) is 0 Å². The van der Waals surface area contributed by atoms with Gasteiger partial charge in [-0.2, -0.15) is 13.2 Å². The summed E-state index contributed by atoms with van der Waals surface area (Å²) in [6, 6.07) is 1.05. The molecule has 0 spiro atoms. The molecule has 0 N–H and O–H groups in total. The van der Waals surface area contributed by atoms with Crippen LogP contribution in [-0.2, 0) is 6.18 Å². The lowest BCUT2D eigenvalue weighted by molar-refractivity contribution is -0.141. The van der Waals surface area contributed by atoms with Gasteiger partial charge in [0.05, 0.1) is 12.2 Å². The van der Waals surface area contributed by atoms with Crippen LogP contribution in [0.15, 0.2) is 24.7 Å². The quantitative estimate of drug-likeness (QED) is 0.860. The summed E-state index contributed by atoms with van der Waals surface area (Å²) in [5, 5.41) is 0. The highest BCUT2D eigenvalue weighted by Crippen LogP contribution is 2.30.